The molecule has 0 saturated heterocycles. The van der Waals surface area contributed by atoms with Crippen LogP contribution in [0.5, 0.6) is 11.5 Å². The Bertz CT molecular complexity index is 1270. The molecule has 2 N–H and O–H groups in total. The van der Waals surface area contributed by atoms with Crippen LogP contribution in [-0.4, -0.2) is 24.2 Å². The molecule has 0 unspecified atom stereocenters. The lowest BCUT2D eigenvalue weighted by molar-refractivity contribution is -0.121. The molecule has 0 radical (unpaired) electrons. The molecule has 1 aromatic heterocycles. The first kappa shape index (κ1) is 20.5. The van der Waals surface area contributed by atoms with E-state index < -0.39 is 0 Å². The summed E-state index contributed by atoms with van der Waals surface area (Å²) < 4.78 is 10.8. The van der Waals surface area contributed by atoms with Crippen molar-refractivity contribution in [1.29, 1.82) is 0 Å². The van der Waals surface area contributed by atoms with Crippen LogP contribution in [0, 0.1) is 0 Å². The van der Waals surface area contributed by atoms with Crippen LogP contribution < -0.4 is 14.8 Å². The van der Waals surface area contributed by atoms with Gasteiger partial charge >= 0.3 is 0 Å². The highest BCUT2D eigenvalue weighted by molar-refractivity contribution is 6.31. The fourth-order valence-corrected chi connectivity index (χ4v) is 4.45. The van der Waals surface area contributed by atoms with Gasteiger partial charge in [0.25, 0.3) is 0 Å². The van der Waals surface area contributed by atoms with Crippen molar-refractivity contribution >= 4 is 28.4 Å². The zero-order valence-electron chi connectivity index (χ0n) is 17.4. The first-order chi connectivity index (χ1) is 15.7. The van der Waals surface area contributed by atoms with Crippen LogP contribution in [0.1, 0.15) is 29.0 Å². The number of carbonyl (C=O) groups is 1. The summed E-state index contributed by atoms with van der Waals surface area (Å²) in [6.07, 6.45) is 3.03. The molecule has 0 bridgehead atoms. The van der Waals surface area contributed by atoms with E-state index in [1.807, 2.05) is 66.9 Å². The summed E-state index contributed by atoms with van der Waals surface area (Å²) in [4.78, 5) is 16.0. The first-order valence-corrected chi connectivity index (χ1v) is 11.0. The van der Waals surface area contributed by atoms with E-state index in [-0.39, 0.29) is 18.6 Å². The van der Waals surface area contributed by atoms with Crippen LogP contribution >= 0.6 is 11.6 Å². The summed E-state index contributed by atoms with van der Waals surface area (Å²) in [5.74, 6) is 1.43. The molecule has 3 aromatic carbocycles. The highest BCUT2D eigenvalue weighted by Crippen LogP contribution is 2.34. The topological polar surface area (TPSA) is 63.4 Å². The minimum Gasteiger partial charge on any atom is -0.454 e. The van der Waals surface area contributed by atoms with Crippen LogP contribution in [0.15, 0.2) is 72.9 Å². The van der Waals surface area contributed by atoms with Gasteiger partial charge in [-0.15, -0.1) is 0 Å². The van der Waals surface area contributed by atoms with Crippen molar-refractivity contribution in [3.63, 3.8) is 0 Å². The Morgan fingerprint density at radius 3 is 2.72 bits per heavy atom. The third kappa shape index (κ3) is 4.16. The molecule has 6 heteroatoms. The summed E-state index contributed by atoms with van der Waals surface area (Å²) >= 11 is 6.55. The molecule has 2 heterocycles. The Morgan fingerprint density at radius 1 is 1.00 bits per heavy atom. The van der Waals surface area contributed by atoms with Crippen LogP contribution in [0.4, 0.5) is 0 Å². The molecule has 0 fully saturated rings. The number of nitrogens with one attached hydrogen (secondary N) is 2. The first-order valence-electron chi connectivity index (χ1n) is 10.6. The van der Waals surface area contributed by atoms with E-state index in [1.165, 1.54) is 0 Å². The van der Waals surface area contributed by atoms with Gasteiger partial charge < -0.3 is 19.8 Å². The highest BCUT2D eigenvalue weighted by atomic mass is 35.5. The fraction of sp³-hybridized carbons (Fsp3) is 0.192. The van der Waals surface area contributed by atoms with Gasteiger partial charge in [-0.05, 0) is 47.4 Å². The largest absolute Gasteiger partial charge is 0.454 e. The van der Waals surface area contributed by atoms with E-state index >= 15 is 0 Å². The van der Waals surface area contributed by atoms with E-state index in [9.17, 15) is 4.79 Å². The number of aromatic amines is 1. The number of hydrogen-bond donors (Lipinski definition) is 2. The van der Waals surface area contributed by atoms with Gasteiger partial charge in [-0.3, -0.25) is 4.79 Å². The van der Waals surface area contributed by atoms with Crippen molar-refractivity contribution in [1.82, 2.24) is 10.3 Å². The molecule has 4 aromatic rings. The number of hydrogen-bond acceptors (Lipinski definition) is 3. The minimum atomic E-state index is -0.0608. The zero-order chi connectivity index (χ0) is 21.9. The van der Waals surface area contributed by atoms with Gasteiger partial charge in [0, 0.05) is 41.0 Å². The molecule has 1 aliphatic heterocycles. The van der Waals surface area contributed by atoms with Crippen molar-refractivity contribution in [2.75, 3.05) is 13.3 Å². The number of aryl methyl sites for hydroxylation is 1. The van der Waals surface area contributed by atoms with Gasteiger partial charge in [0.1, 0.15) is 0 Å². The number of carbonyl (C=O) groups excluding carboxylic acids is 1. The monoisotopic (exact) mass is 446 g/mol. The molecule has 32 heavy (non-hydrogen) atoms. The van der Waals surface area contributed by atoms with E-state index in [4.69, 9.17) is 21.1 Å². The second-order valence-electron chi connectivity index (χ2n) is 7.86. The molecule has 0 aliphatic carbocycles. The molecule has 5 rings (SSSR count). The van der Waals surface area contributed by atoms with Crippen molar-refractivity contribution in [3.8, 4) is 11.5 Å². The van der Waals surface area contributed by atoms with Gasteiger partial charge in [-0.2, -0.15) is 0 Å². The maximum Gasteiger partial charge on any atom is 0.231 e. The predicted molar refractivity (Wildman–Crippen MR) is 125 cm³/mol. The second kappa shape index (κ2) is 8.97. The lowest BCUT2D eigenvalue weighted by Gasteiger charge is -2.19. The van der Waals surface area contributed by atoms with Gasteiger partial charge in [0.2, 0.25) is 12.7 Å². The standard InChI is InChI=1S/C26H23ClN2O3/c27-22-7-3-1-5-18(22)20(21-14-28-23-8-4-2-6-19(21)23)15-29-26(30)12-10-17-9-11-24-25(13-17)32-16-31-24/h1-9,11,13-14,20,28H,10,12,15-16H2,(H,29,30)/t20-/m0/s1. The Hall–Kier alpha value is -3.44. The number of aromatic nitrogens is 1. The van der Waals surface area contributed by atoms with E-state index in [0.29, 0.717) is 24.4 Å². The smallest absolute Gasteiger partial charge is 0.231 e. The predicted octanol–water partition coefficient (Wildman–Crippen LogP) is 5.43. The lowest BCUT2D eigenvalue weighted by Crippen LogP contribution is -2.29. The van der Waals surface area contributed by atoms with Gasteiger partial charge in [0.05, 0.1) is 0 Å². The summed E-state index contributed by atoms with van der Waals surface area (Å²) in [5.41, 5.74) is 4.22. The molecule has 162 valence electrons. The lowest BCUT2D eigenvalue weighted by atomic mass is 9.90. The van der Waals surface area contributed by atoms with Crippen molar-refractivity contribution in [2.24, 2.45) is 0 Å². The van der Waals surface area contributed by atoms with Gasteiger partial charge in [-0.25, -0.2) is 0 Å². The third-order valence-corrected chi connectivity index (χ3v) is 6.20. The SMILES string of the molecule is O=C(CCc1ccc2c(c1)OCO2)NC[C@@H](c1ccccc1Cl)c1c[nH]c2ccccc12. The van der Waals surface area contributed by atoms with Gasteiger partial charge in [-0.1, -0.05) is 54.1 Å². The fourth-order valence-electron chi connectivity index (χ4n) is 4.19. The summed E-state index contributed by atoms with van der Waals surface area (Å²) in [6.45, 7) is 0.710. The van der Waals surface area contributed by atoms with E-state index in [2.05, 4.69) is 16.4 Å². The van der Waals surface area contributed by atoms with Crippen molar-refractivity contribution in [2.45, 2.75) is 18.8 Å². The van der Waals surface area contributed by atoms with E-state index in [0.717, 1.165) is 39.1 Å². The minimum absolute atomic E-state index is 0.000406. The number of para-hydroxylation sites is 1. The molecule has 1 amide bonds. The molecule has 1 aliphatic rings. The number of H-pyrrole nitrogens is 1. The van der Waals surface area contributed by atoms with Crippen LogP contribution in [-0.2, 0) is 11.2 Å². The molecule has 1 atom stereocenters. The molecule has 5 nitrogen and oxygen atoms in total. The third-order valence-electron chi connectivity index (χ3n) is 5.86. The average Bonchev–Trinajstić information content (AvgIpc) is 3.46. The molecular weight excluding hydrogens is 424 g/mol. The quantitative estimate of drug-likeness (QED) is 0.398. The van der Waals surface area contributed by atoms with Gasteiger partial charge in [0.15, 0.2) is 11.5 Å². The summed E-state index contributed by atoms with van der Waals surface area (Å²) in [6, 6.07) is 21.8. The zero-order valence-corrected chi connectivity index (χ0v) is 18.2. The van der Waals surface area contributed by atoms with E-state index in [1.54, 1.807) is 0 Å². The Balaban J connectivity index is 1.31. The molecular formula is C26H23ClN2O3. The van der Waals surface area contributed by atoms with Crippen LogP contribution in [0.25, 0.3) is 10.9 Å². The van der Waals surface area contributed by atoms with Crippen LogP contribution in [0.3, 0.4) is 0 Å². The number of fused-ring (bicyclic) bond motifs is 2. The Morgan fingerprint density at radius 2 is 1.81 bits per heavy atom. The number of ether oxygens (including phenoxy) is 2. The number of amides is 1. The molecule has 0 spiro atoms. The number of rotatable bonds is 7. The molecule has 0 saturated carbocycles. The maximum atomic E-state index is 12.7. The normalized spacial score (nSPS) is 13.3. The van der Waals surface area contributed by atoms with Crippen molar-refractivity contribution in [3.05, 3.63) is 94.6 Å². The Labute approximate surface area is 191 Å². The maximum absolute atomic E-state index is 12.7. The summed E-state index contributed by atoms with van der Waals surface area (Å²) in [5, 5.41) is 4.94. The highest BCUT2D eigenvalue weighted by Gasteiger charge is 2.21. The Kier molecular flexibility index (Phi) is 5.73. The second-order valence-corrected chi connectivity index (χ2v) is 8.26. The van der Waals surface area contributed by atoms with Crippen molar-refractivity contribution < 1.29 is 14.3 Å². The van der Waals surface area contributed by atoms with Crippen LogP contribution in [0.2, 0.25) is 5.02 Å². The summed E-state index contributed by atoms with van der Waals surface area (Å²) in [7, 11) is 0. The number of halogens is 1. The number of benzene rings is 3. The average molecular weight is 447 g/mol.